The van der Waals surface area contributed by atoms with Crippen LogP contribution in [0.3, 0.4) is 0 Å². The topological polar surface area (TPSA) is 54.4 Å². The Kier molecular flexibility index (Phi) is 6.11. The van der Waals surface area contributed by atoms with Gasteiger partial charge in [0.2, 0.25) is 0 Å². The van der Waals surface area contributed by atoms with E-state index in [1.54, 1.807) is 30.8 Å². The average molecular weight is 467 g/mol. The summed E-state index contributed by atoms with van der Waals surface area (Å²) in [5.74, 6) is 1.94. The first kappa shape index (κ1) is 22.6. The summed E-state index contributed by atoms with van der Waals surface area (Å²) in [6, 6.07) is 12.5. The lowest BCUT2D eigenvalue weighted by molar-refractivity contribution is -0.140. The van der Waals surface area contributed by atoms with Gasteiger partial charge in [0.15, 0.2) is 5.78 Å². The zero-order valence-electron chi connectivity index (χ0n) is 19.1. The normalized spacial score (nSPS) is 28.6. The molecule has 4 bridgehead atoms. The van der Waals surface area contributed by atoms with Gasteiger partial charge in [-0.3, -0.25) is 9.59 Å². The van der Waals surface area contributed by atoms with Gasteiger partial charge in [0, 0.05) is 22.6 Å². The fourth-order valence-electron chi connectivity index (χ4n) is 6.87. The van der Waals surface area contributed by atoms with Crippen LogP contribution in [0, 0.1) is 29.5 Å². The van der Waals surface area contributed by atoms with E-state index >= 15 is 4.39 Å². The second-order valence-corrected chi connectivity index (χ2v) is 11.7. The third kappa shape index (κ3) is 4.49. The van der Waals surface area contributed by atoms with Crippen molar-refractivity contribution in [2.45, 2.75) is 56.6 Å². The fourth-order valence-corrected chi connectivity index (χ4v) is 7.91. The summed E-state index contributed by atoms with van der Waals surface area (Å²) >= 11 is 1.56. The van der Waals surface area contributed by atoms with Gasteiger partial charge >= 0.3 is 5.97 Å². The first-order chi connectivity index (χ1) is 15.8. The van der Waals surface area contributed by atoms with Crippen LogP contribution in [-0.4, -0.2) is 22.6 Å². The van der Waals surface area contributed by atoms with Crippen LogP contribution in [0.25, 0.3) is 0 Å². The number of ketones is 1. The number of hydrogen-bond acceptors (Lipinski definition) is 3. The summed E-state index contributed by atoms with van der Waals surface area (Å²) in [6.07, 6.45) is 7.29. The number of aliphatic carboxylic acids is 1. The van der Waals surface area contributed by atoms with Crippen molar-refractivity contribution in [2.75, 3.05) is 5.75 Å². The van der Waals surface area contributed by atoms with Gasteiger partial charge in [-0.05, 0) is 78.9 Å². The zero-order valence-corrected chi connectivity index (χ0v) is 19.9. The molecule has 4 fully saturated rings. The van der Waals surface area contributed by atoms with E-state index in [0.29, 0.717) is 22.6 Å². The highest BCUT2D eigenvalue weighted by atomic mass is 32.2. The third-order valence-corrected chi connectivity index (χ3v) is 9.39. The largest absolute Gasteiger partial charge is 0.481 e. The molecule has 4 saturated carbocycles. The third-order valence-electron chi connectivity index (χ3n) is 8.12. The summed E-state index contributed by atoms with van der Waals surface area (Å²) in [4.78, 5) is 23.9. The summed E-state index contributed by atoms with van der Waals surface area (Å²) in [6.45, 7) is 1.70. The SMILES string of the molecule is CC(CSCc1ccc(C(=O)c2ccc(C34CC5CC(CC(C5)C3)C4)c(F)c2)cc1)C(=O)O. The van der Waals surface area contributed by atoms with Gasteiger partial charge in [0.05, 0.1) is 5.92 Å². The van der Waals surface area contributed by atoms with Crippen LogP contribution in [0.5, 0.6) is 0 Å². The van der Waals surface area contributed by atoms with Crippen molar-refractivity contribution in [1.82, 2.24) is 0 Å². The molecule has 2 aromatic rings. The van der Waals surface area contributed by atoms with Crippen molar-refractivity contribution in [1.29, 1.82) is 0 Å². The first-order valence-electron chi connectivity index (χ1n) is 12.1. The Bertz CT molecular complexity index is 1030. The number of carbonyl (C=O) groups excluding carboxylic acids is 1. The highest BCUT2D eigenvalue weighted by molar-refractivity contribution is 7.98. The summed E-state index contributed by atoms with van der Waals surface area (Å²) in [5, 5.41) is 8.97. The highest BCUT2D eigenvalue weighted by Crippen LogP contribution is 2.61. The second-order valence-electron chi connectivity index (χ2n) is 10.7. The molecule has 5 heteroatoms. The average Bonchev–Trinajstić information content (AvgIpc) is 2.77. The molecular weight excluding hydrogens is 435 g/mol. The van der Waals surface area contributed by atoms with Gasteiger partial charge in [-0.25, -0.2) is 4.39 Å². The lowest BCUT2D eigenvalue weighted by atomic mass is 9.48. The van der Waals surface area contributed by atoms with Gasteiger partial charge in [-0.15, -0.1) is 0 Å². The maximum atomic E-state index is 15.4. The Morgan fingerprint density at radius 3 is 2.12 bits per heavy atom. The molecule has 0 saturated heterocycles. The quantitative estimate of drug-likeness (QED) is 0.453. The van der Waals surface area contributed by atoms with E-state index in [9.17, 15) is 9.59 Å². The van der Waals surface area contributed by atoms with Gasteiger partial charge in [0.25, 0.3) is 0 Å². The van der Waals surface area contributed by atoms with Gasteiger partial charge in [-0.1, -0.05) is 43.3 Å². The van der Waals surface area contributed by atoms with Crippen LogP contribution >= 0.6 is 11.8 Å². The highest BCUT2D eigenvalue weighted by Gasteiger charge is 2.52. The van der Waals surface area contributed by atoms with Crippen molar-refractivity contribution in [3.63, 3.8) is 0 Å². The molecule has 0 heterocycles. The number of benzene rings is 2. The molecule has 0 amide bonds. The Morgan fingerprint density at radius 1 is 1.00 bits per heavy atom. The van der Waals surface area contributed by atoms with E-state index in [-0.39, 0.29) is 22.9 Å². The number of halogens is 1. The van der Waals surface area contributed by atoms with Gasteiger partial charge in [-0.2, -0.15) is 11.8 Å². The number of hydrogen-bond donors (Lipinski definition) is 1. The molecular formula is C28H31FO3S. The van der Waals surface area contributed by atoms with Crippen molar-refractivity contribution >= 4 is 23.5 Å². The van der Waals surface area contributed by atoms with E-state index in [0.717, 1.165) is 48.1 Å². The number of carboxylic acids is 1. The van der Waals surface area contributed by atoms with Crippen LogP contribution < -0.4 is 0 Å². The first-order valence-corrected chi connectivity index (χ1v) is 13.2. The van der Waals surface area contributed by atoms with Gasteiger partial charge < -0.3 is 5.11 Å². The van der Waals surface area contributed by atoms with Crippen LogP contribution in [0.4, 0.5) is 4.39 Å². The maximum Gasteiger partial charge on any atom is 0.307 e. The molecule has 4 aliphatic rings. The van der Waals surface area contributed by atoms with Crippen molar-refractivity contribution < 1.29 is 19.1 Å². The number of carboxylic acid groups (broad SMARTS) is 1. The van der Waals surface area contributed by atoms with Crippen LogP contribution in [0.15, 0.2) is 42.5 Å². The van der Waals surface area contributed by atoms with Crippen molar-refractivity contribution in [3.8, 4) is 0 Å². The summed E-state index contributed by atoms with van der Waals surface area (Å²) in [7, 11) is 0. The van der Waals surface area contributed by atoms with Crippen molar-refractivity contribution in [2.24, 2.45) is 23.7 Å². The molecule has 4 aliphatic carbocycles. The fraction of sp³-hybridized carbons (Fsp3) is 0.500. The lowest BCUT2D eigenvalue weighted by Crippen LogP contribution is -2.48. The molecule has 3 nitrogen and oxygen atoms in total. The minimum atomic E-state index is -0.787. The predicted octanol–water partition coefficient (Wildman–Crippen LogP) is 6.48. The molecule has 0 aromatic heterocycles. The van der Waals surface area contributed by atoms with E-state index in [1.165, 1.54) is 25.3 Å². The Morgan fingerprint density at radius 2 is 1.58 bits per heavy atom. The van der Waals surface area contributed by atoms with E-state index < -0.39 is 5.97 Å². The van der Waals surface area contributed by atoms with Gasteiger partial charge in [0.1, 0.15) is 5.82 Å². The predicted molar refractivity (Wildman–Crippen MR) is 129 cm³/mol. The van der Waals surface area contributed by atoms with Crippen LogP contribution in [0.2, 0.25) is 0 Å². The molecule has 1 unspecified atom stereocenters. The maximum absolute atomic E-state index is 15.4. The molecule has 0 spiro atoms. The monoisotopic (exact) mass is 466 g/mol. The molecule has 174 valence electrons. The minimum Gasteiger partial charge on any atom is -0.481 e. The Labute approximate surface area is 199 Å². The summed E-state index contributed by atoms with van der Waals surface area (Å²) in [5.41, 5.74) is 2.80. The Hall–Kier alpha value is -2.14. The molecule has 0 radical (unpaired) electrons. The molecule has 1 N–H and O–H groups in total. The number of thioether (sulfide) groups is 1. The number of rotatable bonds is 8. The molecule has 6 rings (SSSR count). The summed E-state index contributed by atoms with van der Waals surface area (Å²) < 4.78 is 15.4. The van der Waals surface area contributed by atoms with Crippen molar-refractivity contribution in [3.05, 3.63) is 70.5 Å². The van der Waals surface area contributed by atoms with E-state index in [4.69, 9.17) is 5.11 Å². The molecule has 0 aliphatic heterocycles. The smallest absolute Gasteiger partial charge is 0.307 e. The molecule has 2 aromatic carbocycles. The molecule has 33 heavy (non-hydrogen) atoms. The number of carbonyl (C=O) groups is 2. The Balaban J connectivity index is 1.27. The lowest BCUT2D eigenvalue weighted by Gasteiger charge is -2.57. The second kappa shape index (κ2) is 8.90. The molecule has 1 atom stereocenters. The van der Waals surface area contributed by atoms with E-state index in [1.807, 2.05) is 24.3 Å². The van der Waals surface area contributed by atoms with E-state index in [2.05, 4.69) is 0 Å². The zero-order chi connectivity index (χ0) is 23.2. The standard InChI is InChI=1S/C28H31FO3S/c1-17(27(31)32)15-33-16-18-2-4-22(5-3-18)26(30)23-6-7-24(25(29)11-23)28-12-19-8-20(13-28)10-21(9-19)14-28/h2-7,11,17,19-21H,8-10,12-16H2,1H3,(H,31,32). The van der Waals surface area contributed by atoms with Crippen LogP contribution in [0.1, 0.15) is 72.5 Å². The van der Waals surface area contributed by atoms with Crippen LogP contribution in [-0.2, 0) is 16.0 Å². The minimum absolute atomic E-state index is 0.0160.